The molecule has 1 aliphatic rings. The molecule has 3 aromatic rings. The Labute approximate surface area is 154 Å². The standard InChI is InChI=1S/C18H17N5O2S/c1-11-6-7-19-16(8-11)22-15-5-3-4-12(21-15)14-9-20-17(26-14)13-10-23(2)18(24)25-13/h3-9,13H,10H2,1-2H3,(H,19,21,22)/t13-/m0/s1. The maximum absolute atomic E-state index is 11.5. The molecule has 0 saturated carbocycles. The monoisotopic (exact) mass is 367 g/mol. The molecular weight excluding hydrogens is 350 g/mol. The van der Waals surface area contributed by atoms with E-state index in [-0.39, 0.29) is 12.2 Å². The van der Waals surface area contributed by atoms with Crippen molar-refractivity contribution < 1.29 is 9.53 Å². The summed E-state index contributed by atoms with van der Waals surface area (Å²) < 4.78 is 5.32. The van der Waals surface area contributed by atoms with Gasteiger partial charge < -0.3 is 15.0 Å². The van der Waals surface area contributed by atoms with Crippen molar-refractivity contribution in [2.75, 3.05) is 18.9 Å². The Balaban J connectivity index is 1.54. The summed E-state index contributed by atoms with van der Waals surface area (Å²) in [6.07, 6.45) is 2.89. The number of hydrogen-bond acceptors (Lipinski definition) is 7. The molecule has 132 valence electrons. The number of cyclic esters (lactones) is 1. The first-order chi connectivity index (χ1) is 12.6. The number of ether oxygens (including phenoxy) is 1. The second-order valence-electron chi connectivity index (χ2n) is 6.07. The summed E-state index contributed by atoms with van der Waals surface area (Å²) in [4.78, 5) is 27.3. The lowest BCUT2D eigenvalue weighted by molar-refractivity contribution is 0.134. The highest BCUT2D eigenvalue weighted by Gasteiger charge is 2.31. The minimum absolute atomic E-state index is 0.316. The summed E-state index contributed by atoms with van der Waals surface area (Å²) in [5.74, 6) is 1.46. The van der Waals surface area contributed by atoms with Crippen molar-refractivity contribution in [1.82, 2.24) is 19.9 Å². The molecule has 0 radical (unpaired) electrons. The molecule has 1 amide bonds. The molecule has 0 aliphatic carbocycles. The van der Waals surface area contributed by atoms with Crippen LogP contribution in [0.1, 0.15) is 16.7 Å². The van der Waals surface area contributed by atoms with E-state index in [2.05, 4.69) is 20.3 Å². The van der Waals surface area contributed by atoms with Gasteiger partial charge in [-0.1, -0.05) is 6.07 Å². The molecule has 1 fully saturated rings. The number of pyridine rings is 2. The Kier molecular flexibility index (Phi) is 4.26. The fourth-order valence-electron chi connectivity index (χ4n) is 2.63. The number of carbonyl (C=O) groups is 1. The van der Waals surface area contributed by atoms with Crippen molar-refractivity contribution in [3.05, 3.63) is 53.3 Å². The fourth-order valence-corrected chi connectivity index (χ4v) is 3.54. The van der Waals surface area contributed by atoms with Gasteiger partial charge in [0, 0.05) is 19.4 Å². The number of aryl methyl sites for hydroxylation is 1. The summed E-state index contributed by atoms with van der Waals surface area (Å²) in [5, 5.41) is 3.99. The molecule has 0 bridgehead atoms. The van der Waals surface area contributed by atoms with Crippen molar-refractivity contribution in [3.8, 4) is 10.6 Å². The molecule has 1 N–H and O–H groups in total. The van der Waals surface area contributed by atoms with Crippen molar-refractivity contribution in [3.63, 3.8) is 0 Å². The molecule has 8 heteroatoms. The first-order valence-corrected chi connectivity index (χ1v) is 8.95. The molecular formula is C18H17N5O2S. The van der Waals surface area contributed by atoms with E-state index in [1.165, 1.54) is 11.3 Å². The van der Waals surface area contributed by atoms with Crippen LogP contribution >= 0.6 is 11.3 Å². The van der Waals surface area contributed by atoms with E-state index in [0.717, 1.165) is 27.0 Å². The van der Waals surface area contributed by atoms with Gasteiger partial charge in [-0.2, -0.15) is 0 Å². The molecule has 7 nitrogen and oxygen atoms in total. The third-order valence-electron chi connectivity index (χ3n) is 3.97. The third kappa shape index (κ3) is 3.36. The van der Waals surface area contributed by atoms with Crippen LogP contribution in [0.25, 0.3) is 10.6 Å². The number of nitrogens with one attached hydrogen (secondary N) is 1. The summed E-state index contributed by atoms with van der Waals surface area (Å²) in [6.45, 7) is 2.53. The maximum Gasteiger partial charge on any atom is 0.410 e. The second-order valence-corrected chi connectivity index (χ2v) is 7.13. The van der Waals surface area contributed by atoms with Gasteiger partial charge in [-0.05, 0) is 36.8 Å². The van der Waals surface area contributed by atoms with E-state index in [1.54, 1.807) is 24.3 Å². The number of likely N-dealkylation sites (N-methyl/N-ethyl adjacent to an activating group) is 1. The minimum atomic E-state index is -0.318. The number of anilines is 2. The van der Waals surface area contributed by atoms with Gasteiger partial charge >= 0.3 is 6.09 Å². The van der Waals surface area contributed by atoms with Crippen LogP contribution < -0.4 is 5.32 Å². The Morgan fingerprint density at radius 1 is 1.27 bits per heavy atom. The molecule has 1 atom stereocenters. The molecule has 4 rings (SSSR count). The van der Waals surface area contributed by atoms with Crippen molar-refractivity contribution in [2.45, 2.75) is 13.0 Å². The van der Waals surface area contributed by atoms with E-state index < -0.39 is 0 Å². The highest BCUT2D eigenvalue weighted by molar-refractivity contribution is 7.15. The third-order valence-corrected chi connectivity index (χ3v) is 5.08. The predicted octanol–water partition coefficient (Wildman–Crippen LogP) is 3.78. The number of aromatic nitrogens is 3. The average molecular weight is 367 g/mol. The van der Waals surface area contributed by atoms with Gasteiger partial charge in [0.2, 0.25) is 0 Å². The van der Waals surface area contributed by atoms with Crippen LogP contribution in [0.4, 0.5) is 16.4 Å². The number of nitrogens with zero attached hydrogens (tertiary/aromatic N) is 4. The second kappa shape index (κ2) is 6.72. The van der Waals surface area contributed by atoms with Gasteiger partial charge in [0.25, 0.3) is 0 Å². The summed E-state index contributed by atoms with van der Waals surface area (Å²) in [5.41, 5.74) is 1.94. The lowest BCUT2D eigenvalue weighted by atomic mass is 10.3. The zero-order valence-electron chi connectivity index (χ0n) is 14.3. The molecule has 0 spiro atoms. The van der Waals surface area contributed by atoms with Gasteiger partial charge in [-0.15, -0.1) is 11.3 Å². The number of carbonyl (C=O) groups excluding carboxylic acids is 1. The van der Waals surface area contributed by atoms with Crippen molar-refractivity contribution in [1.29, 1.82) is 0 Å². The van der Waals surface area contributed by atoms with E-state index in [9.17, 15) is 4.79 Å². The van der Waals surface area contributed by atoms with Crippen LogP contribution in [-0.2, 0) is 4.74 Å². The van der Waals surface area contributed by atoms with Crippen LogP contribution in [-0.4, -0.2) is 39.5 Å². The van der Waals surface area contributed by atoms with Crippen LogP contribution in [0.5, 0.6) is 0 Å². The number of rotatable bonds is 4. The van der Waals surface area contributed by atoms with Crippen molar-refractivity contribution >= 4 is 29.1 Å². The highest BCUT2D eigenvalue weighted by Crippen LogP contribution is 2.33. The zero-order valence-corrected chi connectivity index (χ0v) is 15.2. The molecule has 1 saturated heterocycles. The normalized spacial score (nSPS) is 16.6. The van der Waals surface area contributed by atoms with Crippen LogP contribution in [0, 0.1) is 6.92 Å². The van der Waals surface area contributed by atoms with E-state index >= 15 is 0 Å². The average Bonchev–Trinajstić information content (AvgIpc) is 3.23. The SMILES string of the molecule is Cc1ccnc(Nc2cccc(-c3cnc([C@@H]4CN(C)C(=O)O4)s3)n2)c1. The first-order valence-electron chi connectivity index (χ1n) is 8.13. The Morgan fingerprint density at radius 3 is 2.92 bits per heavy atom. The minimum Gasteiger partial charge on any atom is -0.437 e. The Bertz CT molecular complexity index is 958. The largest absolute Gasteiger partial charge is 0.437 e. The lowest BCUT2D eigenvalue weighted by Gasteiger charge is -2.06. The smallest absolute Gasteiger partial charge is 0.410 e. The molecule has 0 unspecified atom stereocenters. The fraction of sp³-hybridized carbons (Fsp3) is 0.222. The van der Waals surface area contributed by atoms with Crippen LogP contribution in [0.3, 0.4) is 0 Å². The first kappa shape index (κ1) is 16.5. The van der Waals surface area contributed by atoms with Crippen molar-refractivity contribution in [2.24, 2.45) is 0 Å². The quantitative estimate of drug-likeness (QED) is 0.756. The van der Waals surface area contributed by atoms with Gasteiger partial charge in [0.1, 0.15) is 16.6 Å². The number of hydrogen-bond donors (Lipinski definition) is 1. The van der Waals surface area contributed by atoms with Crippen LogP contribution in [0.15, 0.2) is 42.7 Å². The van der Waals surface area contributed by atoms with E-state index in [1.807, 2.05) is 37.3 Å². The molecule has 1 aliphatic heterocycles. The Morgan fingerprint density at radius 2 is 2.15 bits per heavy atom. The molecule has 3 aromatic heterocycles. The predicted molar refractivity (Wildman–Crippen MR) is 99.5 cm³/mol. The Hall–Kier alpha value is -3.00. The van der Waals surface area contributed by atoms with E-state index in [0.29, 0.717) is 12.4 Å². The van der Waals surface area contributed by atoms with Gasteiger partial charge in [-0.3, -0.25) is 0 Å². The topological polar surface area (TPSA) is 80.2 Å². The number of amides is 1. The molecule has 4 heterocycles. The summed E-state index contributed by atoms with van der Waals surface area (Å²) in [6, 6.07) is 9.66. The van der Waals surface area contributed by atoms with E-state index in [4.69, 9.17) is 4.74 Å². The highest BCUT2D eigenvalue weighted by atomic mass is 32.1. The molecule has 26 heavy (non-hydrogen) atoms. The summed E-state index contributed by atoms with van der Waals surface area (Å²) >= 11 is 1.48. The summed E-state index contributed by atoms with van der Waals surface area (Å²) in [7, 11) is 1.72. The van der Waals surface area contributed by atoms with Gasteiger partial charge in [0.15, 0.2) is 6.10 Å². The van der Waals surface area contributed by atoms with Gasteiger partial charge in [0.05, 0.1) is 17.1 Å². The maximum atomic E-state index is 11.5. The van der Waals surface area contributed by atoms with Gasteiger partial charge in [-0.25, -0.2) is 19.7 Å². The van der Waals surface area contributed by atoms with Crippen LogP contribution in [0.2, 0.25) is 0 Å². The molecule has 0 aromatic carbocycles. The lowest BCUT2D eigenvalue weighted by Crippen LogP contribution is -2.17. The zero-order chi connectivity index (χ0) is 18.1. The number of thiazole rings is 1.